The van der Waals surface area contributed by atoms with E-state index in [9.17, 15) is 0 Å². The van der Waals surface area contributed by atoms with Gasteiger partial charge < -0.3 is 10.6 Å². The van der Waals surface area contributed by atoms with Crippen LogP contribution in [-0.2, 0) is 0 Å². The fourth-order valence-electron chi connectivity index (χ4n) is 1.89. The van der Waals surface area contributed by atoms with Gasteiger partial charge in [0.1, 0.15) is 5.82 Å². The summed E-state index contributed by atoms with van der Waals surface area (Å²) in [4.78, 5) is 4.20. The number of aromatic nitrogens is 1. The molecule has 1 rings (SSSR count). The molecular weight excluding hydrogens is 210 g/mol. The molecule has 0 aliphatic rings. The van der Waals surface area contributed by atoms with Gasteiger partial charge in [0, 0.05) is 31.0 Å². The van der Waals surface area contributed by atoms with Gasteiger partial charge in [0.15, 0.2) is 0 Å². The van der Waals surface area contributed by atoms with Crippen LogP contribution in [0.2, 0.25) is 0 Å². The number of nitrogens with zero attached hydrogens (tertiary/aromatic N) is 1. The zero-order valence-electron chi connectivity index (χ0n) is 11.3. The Labute approximate surface area is 105 Å². The lowest BCUT2D eigenvalue weighted by molar-refractivity contribution is 0.594. The number of anilines is 2. The number of hydrogen-bond donors (Lipinski definition) is 2. The normalized spacial score (nSPS) is 12.2. The Balaban J connectivity index is 2.31. The molecule has 1 unspecified atom stereocenters. The molecular formula is C14H25N3. The summed E-state index contributed by atoms with van der Waals surface area (Å²) in [6.45, 7) is 4.49. The number of hydrogen-bond acceptors (Lipinski definition) is 3. The maximum absolute atomic E-state index is 4.20. The molecule has 0 radical (unpaired) electrons. The standard InChI is InChI=1S/C14H25N3/c1-4-5-6-7-8-12(2)17-13-9-10-16-14(11-13)15-3/h9-12H,4-8H2,1-3H3,(H2,15,16,17). The average Bonchev–Trinajstić information content (AvgIpc) is 2.35. The van der Waals surface area contributed by atoms with Gasteiger partial charge in [0.25, 0.3) is 0 Å². The summed E-state index contributed by atoms with van der Waals surface area (Å²) < 4.78 is 0. The smallest absolute Gasteiger partial charge is 0.127 e. The van der Waals surface area contributed by atoms with Crippen molar-refractivity contribution in [3.63, 3.8) is 0 Å². The third kappa shape index (κ3) is 5.57. The molecule has 2 N–H and O–H groups in total. The van der Waals surface area contributed by atoms with Crippen molar-refractivity contribution in [2.75, 3.05) is 17.7 Å². The first-order chi connectivity index (χ1) is 8.26. The largest absolute Gasteiger partial charge is 0.382 e. The molecule has 1 aromatic heterocycles. The molecule has 96 valence electrons. The molecule has 1 atom stereocenters. The first-order valence-electron chi connectivity index (χ1n) is 6.66. The van der Waals surface area contributed by atoms with E-state index < -0.39 is 0 Å². The minimum absolute atomic E-state index is 0.527. The van der Waals surface area contributed by atoms with E-state index in [1.807, 2.05) is 25.4 Å². The van der Waals surface area contributed by atoms with Crippen LogP contribution in [0.15, 0.2) is 18.3 Å². The highest BCUT2D eigenvalue weighted by atomic mass is 15.0. The predicted molar refractivity (Wildman–Crippen MR) is 75.6 cm³/mol. The second-order valence-electron chi connectivity index (χ2n) is 4.57. The zero-order valence-corrected chi connectivity index (χ0v) is 11.3. The van der Waals surface area contributed by atoms with Gasteiger partial charge in [-0.1, -0.05) is 32.6 Å². The van der Waals surface area contributed by atoms with E-state index in [0.29, 0.717) is 6.04 Å². The Bertz CT molecular complexity index is 312. The lowest BCUT2D eigenvalue weighted by Gasteiger charge is -2.15. The lowest BCUT2D eigenvalue weighted by Crippen LogP contribution is -2.15. The SMILES string of the molecule is CCCCCCC(C)Nc1ccnc(NC)c1. The van der Waals surface area contributed by atoms with Crippen LogP contribution in [0.4, 0.5) is 11.5 Å². The van der Waals surface area contributed by atoms with Gasteiger partial charge in [-0.15, -0.1) is 0 Å². The van der Waals surface area contributed by atoms with Crippen LogP contribution in [0.1, 0.15) is 46.0 Å². The topological polar surface area (TPSA) is 37.0 Å². The van der Waals surface area contributed by atoms with Crippen LogP contribution in [0.25, 0.3) is 0 Å². The van der Waals surface area contributed by atoms with Crippen molar-refractivity contribution in [3.8, 4) is 0 Å². The van der Waals surface area contributed by atoms with E-state index in [-0.39, 0.29) is 0 Å². The van der Waals surface area contributed by atoms with Crippen LogP contribution in [0.5, 0.6) is 0 Å². The summed E-state index contributed by atoms with van der Waals surface area (Å²) in [5.74, 6) is 0.910. The summed E-state index contributed by atoms with van der Waals surface area (Å²) >= 11 is 0. The van der Waals surface area contributed by atoms with E-state index in [0.717, 1.165) is 11.5 Å². The van der Waals surface area contributed by atoms with Crippen LogP contribution in [-0.4, -0.2) is 18.1 Å². The molecule has 0 bridgehead atoms. The van der Waals surface area contributed by atoms with Crippen molar-refractivity contribution in [1.29, 1.82) is 0 Å². The van der Waals surface area contributed by atoms with Crippen molar-refractivity contribution in [2.45, 2.75) is 52.0 Å². The van der Waals surface area contributed by atoms with Crippen molar-refractivity contribution in [3.05, 3.63) is 18.3 Å². The molecule has 17 heavy (non-hydrogen) atoms. The molecule has 3 heteroatoms. The third-order valence-electron chi connectivity index (χ3n) is 2.92. The Morgan fingerprint density at radius 2 is 2.12 bits per heavy atom. The molecule has 0 saturated heterocycles. The molecule has 0 aliphatic carbocycles. The molecule has 1 aromatic rings. The molecule has 0 aromatic carbocycles. The highest BCUT2D eigenvalue weighted by Gasteiger charge is 2.02. The first-order valence-corrected chi connectivity index (χ1v) is 6.66. The Morgan fingerprint density at radius 1 is 1.29 bits per heavy atom. The molecule has 0 fully saturated rings. The summed E-state index contributed by atoms with van der Waals surface area (Å²) in [5.41, 5.74) is 1.15. The summed E-state index contributed by atoms with van der Waals surface area (Å²) in [7, 11) is 1.89. The average molecular weight is 235 g/mol. The van der Waals surface area contributed by atoms with Gasteiger partial charge in [-0.05, 0) is 19.4 Å². The van der Waals surface area contributed by atoms with Crippen molar-refractivity contribution in [1.82, 2.24) is 4.98 Å². The van der Waals surface area contributed by atoms with Crippen LogP contribution >= 0.6 is 0 Å². The van der Waals surface area contributed by atoms with Crippen LogP contribution in [0.3, 0.4) is 0 Å². The number of unbranched alkanes of at least 4 members (excludes halogenated alkanes) is 3. The second kappa shape index (κ2) is 7.93. The highest BCUT2D eigenvalue weighted by molar-refractivity contribution is 5.51. The fourth-order valence-corrected chi connectivity index (χ4v) is 1.89. The first kappa shape index (κ1) is 13.8. The van der Waals surface area contributed by atoms with E-state index >= 15 is 0 Å². The zero-order chi connectivity index (χ0) is 12.5. The summed E-state index contributed by atoms with van der Waals surface area (Å²) in [6.07, 6.45) is 8.38. The Morgan fingerprint density at radius 3 is 2.82 bits per heavy atom. The summed E-state index contributed by atoms with van der Waals surface area (Å²) in [6, 6.07) is 4.59. The molecule has 0 aliphatic heterocycles. The maximum Gasteiger partial charge on any atom is 0.127 e. The van der Waals surface area contributed by atoms with Gasteiger partial charge in [-0.25, -0.2) is 4.98 Å². The van der Waals surface area contributed by atoms with Gasteiger partial charge in [0.05, 0.1) is 0 Å². The van der Waals surface area contributed by atoms with Crippen molar-refractivity contribution >= 4 is 11.5 Å². The van der Waals surface area contributed by atoms with E-state index in [1.165, 1.54) is 32.1 Å². The number of pyridine rings is 1. The molecule has 1 heterocycles. The predicted octanol–water partition coefficient (Wildman–Crippen LogP) is 3.89. The maximum atomic E-state index is 4.20. The van der Waals surface area contributed by atoms with E-state index in [1.54, 1.807) is 0 Å². The molecule has 0 amide bonds. The van der Waals surface area contributed by atoms with Crippen molar-refractivity contribution < 1.29 is 0 Å². The number of nitrogens with one attached hydrogen (secondary N) is 2. The van der Waals surface area contributed by atoms with E-state index in [4.69, 9.17) is 0 Å². The third-order valence-corrected chi connectivity index (χ3v) is 2.92. The molecule has 0 saturated carbocycles. The van der Waals surface area contributed by atoms with Gasteiger partial charge in [-0.3, -0.25) is 0 Å². The van der Waals surface area contributed by atoms with Gasteiger partial charge in [-0.2, -0.15) is 0 Å². The molecule has 3 nitrogen and oxygen atoms in total. The van der Waals surface area contributed by atoms with Gasteiger partial charge in [0.2, 0.25) is 0 Å². The number of rotatable bonds is 8. The highest BCUT2D eigenvalue weighted by Crippen LogP contribution is 2.14. The summed E-state index contributed by atoms with van der Waals surface area (Å²) in [5, 5.41) is 6.56. The minimum atomic E-state index is 0.527. The minimum Gasteiger partial charge on any atom is -0.382 e. The molecule has 0 spiro atoms. The Hall–Kier alpha value is -1.25. The Kier molecular flexibility index (Phi) is 6.45. The fraction of sp³-hybridized carbons (Fsp3) is 0.643. The van der Waals surface area contributed by atoms with Crippen molar-refractivity contribution in [2.24, 2.45) is 0 Å². The second-order valence-corrected chi connectivity index (χ2v) is 4.57. The quantitative estimate of drug-likeness (QED) is 0.671. The monoisotopic (exact) mass is 235 g/mol. The van der Waals surface area contributed by atoms with E-state index in [2.05, 4.69) is 29.5 Å². The van der Waals surface area contributed by atoms with Crippen LogP contribution in [0, 0.1) is 0 Å². The lowest BCUT2D eigenvalue weighted by atomic mass is 10.1. The van der Waals surface area contributed by atoms with Gasteiger partial charge >= 0.3 is 0 Å². The van der Waals surface area contributed by atoms with Crippen LogP contribution < -0.4 is 10.6 Å².